The molecular formula is C16H18FN3O. The summed E-state index contributed by atoms with van der Waals surface area (Å²) >= 11 is 0. The van der Waals surface area contributed by atoms with Crippen molar-refractivity contribution in [2.45, 2.75) is 26.7 Å². The maximum atomic E-state index is 13.5. The van der Waals surface area contributed by atoms with Crippen LogP contribution >= 0.6 is 0 Å². The van der Waals surface area contributed by atoms with Crippen LogP contribution in [0.3, 0.4) is 0 Å². The van der Waals surface area contributed by atoms with E-state index in [0.717, 1.165) is 18.5 Å². The number of benzene rings is 1. The summed E-state index contributed by atoms with van der Waals surface area (Å²) in [6.45, 7) is 3.70. The molecule has 0 bridgehead atoms. The summed E-state index contributed by atoms with van der Waals surface area (Å²) in [6, 6.07) is 7.80. The summed E-state index contributed by atoms with van der Waals surface area (Å²) in [5.74, 6) is -0.375. The number of pyridine rings is 1. The molecule has 3 N–H and O–H groups in total. The van der Waals surface area contributed by atoms with E-state index >= 15 is 0 Å². The highest BCUT2D eigenvalue weighted by Gasteiger charge is 2.10. The predicted molar refractivity (Wildman–Crippen MR) is 81.7 cm³/mol. The van der Waals surface area contributed by atoms with Crippen LogP contribution in [0.15, 0.2) is 30.3 Å². The molecular weight excluding hydrogens is 269 g/mol. The highest BCUT2D eigenvalue weighted by molar-refractivity contribution is 6.04. The quantitative estimate of drug-likeness (QED) is 0.906. The van der Waals surface area contributed by atoms with Crippen molar-refractivity contribution >= 4 is 17.4 Å². The molecule has 5 heteroatoms. The Labute approximate surface area is 123 Å². The van der Waals surface area contributed by atoms with Crippen LogP contribution in [0.25, 0.3) is 0 Å². The molecule has 0 atom stereocenters. The minimum Gasteiger partial charge on any atom is -0.384 e. The van der Waals surface area contributed by atoms with E-state index in [0.29, 0.717) is 22.6 Å². The average molecular weight is 287 g/mol. The zero-order chi connectivity index (χ0) is 15.4. The number of nitrogens with two attached hydrogens (primary N) is 1. The largest absolute Gasteiger partial charge is 0.384 e. The standard InChI is InChI=1S/C16H18FN3O/c1-3-4-12-7-11(8-15(18)19-12)16(21)20-13-6-5-10(2)14(17)9-13/h5-9H,3-4H2,1-2H3,(H2,18,19)(H,20,21). The molecule has 1 heterocycles. The summed E-state index contributed by atoms with van der Waals surface area (Å²) < 4.78 is 13.5. The lowest BCUT2D eigenvalue weighted by molar-refractivity contribution is 0.102. The van der Waals surface area contributed by atoms with E-state index in [2.05, 4.69) is 10.3 Å². The molecule has 0 radical (unpaired) electrons. The van der Waals surface area contributed by atoms with Crippen LogP contribution in [0.2, 0.25) is 0 Å². The first-order valence-corrected chi connectivity index (χ1v) is 6.83. The number of carbonyl (C=O) groups is 1. The van der Waals surface area contributed by atoms with Gasteiger partial charge in [-0.15, -0.1) is 0 Å². The average Bonchev–Trinajstić information content (AvgIpc) is 2.42. The van der Waals surface area contributed by atoms with Gasteiger partial charge in [-0.25, -0.2) is 9.37 Å². The van der Waals surface area contributed by atoms with Crippen LogP contribution in [0.4, 0.5) is 15.9 Å². The minimum absolute atomic E-state index is 0.307. The van der Waals surface area contributed by atoms with E-state index in [1.807, 2.05) is 6.92 Å². The number of aryl methyl sites for hydroxylation is 2. The number of anilines is 2. The molecule has 0 saturated heterocycles. The second kappa shape index (κ2) is 6.35. The molecule has 1 aromatic heterocycles. The molecule has 0 fully saturated rings. The van der Waals surface area contributed by atoms with Gasteiger partial charge in [-0.3, -0.25) is 4.79 Å². The topological polar surface area (TPSA) is 68.0 Å². The highest BCUT2D eigenvalue weighted by Crippen LogP contribution is 2.16. The van der Waals surface area contributed by atoms with Crippen LogP contribution in [0, 0.1) is 12.7 Å². The number of amides is 1. The lowest BCUT2D eigenvalue weighted by atomic mass is 10.1. The summed E-state index contributed by atoms with van der Waals surface area (Å²) in [6.07, 6.45) is 1.67. The van der Waals surface area contributed by atoms with Gasteiger partial charge >= 0.3 is 0 Å². The smallest absolute Gasteiger partial charge is 0.255 e. The number of nitrogens with one attached hydrogen (secondary N) is 1. The van der Waals surface area contributed by atoms with Gasteiger partial charge in [0.05, 0.1) is 0 Å². The summed E-state index contributed by atoms with van der Waals surface area (Å²) in [4.78, 5) is 16.4. The van der Waals surface area contributed by atoms with Gasteiger partial charge in [0.15, 0.2) is 0 Å². The summed E-state index contributed by atoms with van der Waals surface area (Å²) in [5, 5.41) is 2.66. The molecule has 2 aromatic rings. The molecule has 0 unspecified atom stereocenters. The van der Waals surface area contributed by atoms with Gasteiger partial charge < -0.3 is 11.1 Å². The number of halogens is 1. The van der Waals surface area contributed by atoms with Crippen LogP contribution in [0.5, 0.6) is 0 Å². The van der Waals surface area contributed by atoms with E-state index in [-0.39, 0.29) is 11.7 Å². The summed E-state index contributed by atoms with van der Waals surface area (Å²) in [5.41, 5.74) is 7.86. The van der Waals surface area contributed by atoms with Crippen molar-refractivity contribution in [1.29, 1.82) is 0 Å². The lowest BCUT2D eigenvalue weighted by Crippen LogP contribution is -2.13. The Bertz CT molecular complexity index is 671. The van der Waals surface area contributed by atoms with Gasteiger partial charge in [-0.2, -0.15) is 0 Å². The van der Waals surface area contributed by atoms with Crippen molar-refractivity contribution in [2.75, 3.05) is 11.1 Å². The first kappa shape index (κ1) is 15.0. The van der Waals surface area contributed by atoms with Gasteiger partial charge in [0.2, 0.25) is 0 Å². The monoisotopic (exact) mass is 287 g/mol. The van der Waals surface area contributed by atoms with Crippen LogP contribution in [-0.4, -0.2) is 10.9 Å². The second-order valence-electron chi connectivity index (χ2n) is 4.94. The van der Waals surface area contributed by atoms with Crippen LogP contribution in [-0.2, 0) is 6.42 Å². The number of hydrogen-bond donors (Lipinski definition) is 2. The molecule has 110 valence electrons. The maximum absolute atomic E-state index is 13.5. The van der Waals surface area contributed by atoms with Crippen molar-refractivity contribution in [2.24, 2.45) is 0 Å². The Morgan fingerprint density at radius 2 is 2.10 bits per heavy atom. The second-order valence-corrected chi connectivity index (χ2v) is 4.94. The lowest BCUT2D eigenvalue weighted by Gasteiger charge is -2.08. The maximum Gasteiger partial charge on any atom is 0.255 e. The van der Waals surface area contributed by atoms with Crippen molar-refractivity contribution in [3.63, 3.8) is 0 Å². The molecule has 0 spiro atoms. The fourth-order valence-corrected chi connectivity index (χ4v) is 2.00. The Balaban J connectivity index is 2.21. The third-order valence-electron chi connectivity index (χ3n) is 3.10. The number of nitrogen functional groups attached to an aromatic ring is 1. The predicted octanol–water partition coefficient (Wildman–Crippen LogP) is 3.32. The van der Waals surface area contributed by atoms with Gasteiger partial charge in [-0.05, 0) is 43.2 Å². The van der Waals surface area contributed by atoms with Gasteiger partial charge in [0.25, 0.3) is 5.91 Å². The van der Waals surface area contributed by atoms with E-state index in [1.54, 1.807) is 25.1 Å². The van der Waals surface area contributed by atoms with Gasteiger partial charge in [0, 0.05) is 16.9 Å². The van der Waals surface area contributed by atoms with Crippen molar-refractivity contribution < 1.29 is 9.18 Å². The van der Waals surface area contributed by atoms with Crippen LogP contribution in [0.1, 0.15) is 35.0 Å². The summed E-state index contributed by atoms with van der Waals surface area (Å²) in [7, 11) is 0. The minimum atomic E-state index is -0.353. The molecule has 21 heavy (non-hydrogen) atoms. The highest BCUT2D eigenvalue weighted by atomic mass is 19.1. The van der Waals surface area contributed by atoms with Crippen LogP contribution < -0.4 is 11.1 Å². The van der Waals surface area contributed by atoms with E-state index in [9.17, 15) is 9.18 Å². The molecule has 0 aliphatic carbocycles. The van der Waals surface area contributed by atoms with Gasteiger partial charge in [-0.1, -0.05) is 19.4 Å². The zero-order valence-corrected chi connectivity index (χ0v) is 12.1. The van der Waals surface area contributed by atoms with Crippen molar-refractivity contribution in [3.05, 3.63) is 53.0 Å². The number of hydrogen-bond acceptors (Lipinski definition) is 3. The molecule has 4 nitrogen and oxygen atoms in total. The Kier molecular flexibility index (Phi) is 4.52. The third kappa shape index (κ3) is 3.78. The Morgan fingerprint density at radius 3 is 2.76 bits per heavy atom. The molecule has 0 aliphatic rings. The normalized spacial score (nSPS) is 10.4. The number of aromatic nitrogens is 1. The first-order valence-electron chi connectivity index (χ1n) is 6.83. The number of rotatable bonds is 4. The zero-order valence-electron chi connectivity index (χ0n) is 12.1. The molecule has 0 aliphatic heterocycles. The Hall–Kier alpha value is -2.43. The number of nitrogens with zero attached hydrogens (tertiary/aromatic N) is 1. The fraction of sp³-hybridized carbons (Fsp3) is 0.250. The molecule has 2 rings (SSSR count). The fourth-order valence-electron chi connectivity index (χ4n) is 2.00. The Morgan fingerprint density at radius 1 is 1.33 bits per heavy atom. The van der Waals surface area contributed by atoms with Crippen molar-refractivity contribution in [1.82, 2.24) is 4.98 Å². The van der Waals surface area contributed by atoms with Gasteiger partial charge in [0.1, 0.15) is 11.6 Å². The van der Waals surface area contributed by atoms with Crippen molar-refractivity contribution in [3.8, 4) is 0 Å². The third-order valence-corrected chi connectivity index (χ3v) is 3.10. The van der Waals surface area contributed by atoms with E-state index in [1.165, 1.54) is 12.1 Å². The molecule has 0 saturated carbocycles. The van der Waals surface area contributed by atoms with E-state index in [4.69, 9.17) is 5.73 Å². The molecule has 1 aromatic carbocycles. The SMILES string of the molecule is CCCc1cc(C(=O)Nc2ccc(C)c(F)c2)cc(N)n1. The van der Waals surface area contributed by atoms with E-state index < -0.39 is 0 Å². The first-order chi connectivity index (χ1) is 9.99. The molecule has 1 amide bonds. The number of carbonyl (C=O) groups excluding carboxylic acids is 1.